The van der Waals surface area contributed by atoms with Crippen LogP contribution in [0.2, 0.25) is 0 Å². The highest BCUT2D eigenvalue weighted by Crippen LogP contribution is 2.24. The summed E-state index contributed by atoms with van der Waals surface area (Å²) in [5, 5.41) is 3.93. The second-order valence-electron chi connectivity index (χ2n) is 8.03. The molecule has 7 heteroatoms. The number of aryl methyl sites for hydroxylation is 1. The molecule has 0 saturated heterocycles. The Morgan fingerprint density at radius 2 is 1.97 bits per heavy atom. The molecule has 3 rings (SSSR count). The monoisotopic (exact) mass is 413 g/mol. The van der Waals surface area contributed by atoms with Crippen LogP contribution in [0.1, 0.15) is 60.2 Å². The van der Waals surface area contributed by atoms with Crippen molar-refractivity contribution in [2.75, 3.05) is 26.2 Å². The number of benzene rings is 1. The van der Waals surface area contributed by atoms with Crippen molar-refractivity contribution < 1.29 is 18.8 Å². The second-order valence-corrected chi connectivity index (χ2v) is 8.03. The highest BCUT2D eigenvalue weighted by molar-refractivity contribution is 5.97. The minimum absolute atomic E-state index is 0.0132. The Hall–Kier alpha value is -2.83. The van der Waals surface area contributed by atoms with Crippen molar-refractivity contribution >= 4 is 11.8 Å². The Labute approximate surface area is 178 Å². The molecule has 0 N–H and O–H groups in total. The molecule has 1 aliphatic rings. The van der Waals surface area contributed by atoms with Gasteiger partial charge in [0.2, 0.25) is 0 Å². The van der Waals surface area contributed by atoms with Gasteiger partial charge in [0, 0.05) is 25.7 Å². The molecule has 0 spiro atoms. The van der Waals surface area contributed by atoms with Crippen molar-refractivity contribution in [3.8, 4) is 5.75 Å². The number of nitrogens with zero attached hydrogens (tertiary/aromatic N) is 3. The average molecular weight is 414 g/mol. The molecule has 1 aromatic heterocycles. The average Bonchev–Trinajstić information content (AvgIpc) is 3.17. The van der Waals surface area contributed by atoms with Crippen LogP contribution in [0.15, 0.2) is 34.9 Å². The SMILES string of the molecule is CCN1CCCCN(C(=O)c2cc(C)on2)[C@@H](C(C)C)COc2ccccc2C1=O. The topological polar surface area (TPSA) is 75.9 Å². The van der Waals surface area contributed by atoms with Gasteiger partial charge >= 0.3 is 0 Å². The molecule has 0 fully saturated rings. The number of rotatable bonds is 3. The maximum absolute atomic E-state index is 13.2. The van der Waals surface area contributed by atoms with Crippen LogP contribution in [-0.4, -0.2) is 59.1 Å². The molecule has 0 saturated carbocycles. The van der Waals surface area contributed by atoms with Gasteiger partial charge in [-0.15, -0.1) is 0 Å². The van der Waals surface area contributed by atoms with Crippen LogP contribution < -0.4 is 4.74 Å². The van der Waals surface area contributed by atoms with Gasteiger partial charge in [-0.25, -0.2) is 0 Å². The first-order valence-electron chi connectivity index (χ1n) is 10.7. The number of amides is 2. The summed E-state index contributed by atoms with van der Waals surface area (Å²) in [4.78, 5) is 29.9. The van der Waals surface area contributed by atoms with E-state index in [-0.39, 0.29) is 23.8 Å². The molecular weight excluding hydrogens is 382 g/mol. The number of carbonyl (C=O) groups is 2. The van der Waals surface area contributed by atoms with E-state index < -0.39 is 0 Å². The van der Waals surface area contributed by atoms with Crippen LogP contribution >= 0.6 is 0 Å². The van der Waals surface area contributed by atoms with Crippen LogP contribution in [-0.2, 0) is 0 Å². The lowest BCUT2D eigenvalue weighted by Gasteiger charge is -2.35. The zero-order chi connectivity index (χ0) is 21.7. The number of aromatic nitrogens is 1. The number of hydrogen-bond donors (Lipinski definition) is 0. The van der Waals surface area contributed by atoms with Crippen molar-refractivity contribution in [2.24, 2.45) is 5.92 Å². The van der Waals surface area contributed by atoms with Gasteiger partial charge < -0.3 is 19.1 Å². The lowest BCUT2D eigenvalue weighted by atomic mass is 10.0. The summed E-state index contributed by atoms with van der Waals surface area (Å²) in [5.74, 6) is 1.16. The molecule has 0 aliphatic carbocycles. The van der Waals surface area contributed by atoms with Crippen LogP contribution in [0, 0.1) is 12.8 Å². The fraction of sp³-hybridized carbons (Fsp3) is 0.522. The molecule has 7 nitrogen and oxygen atoms in total. The molecule has 1 aromatic carbocycles. The van der Waals surface area contributed by atoms with Crippen LogP contribution in [0.25, 0.3) is 0 Å². The molecule has 2 heterocycles. The first-order valence-corrected chi connectivity index (χ1v) is 10.7. The molecule has 1 atom stereocenters. The van der Waals surface area contributed by atoms with E-state index in [0.29, 0.717) is 49.0 Å². The largest absolute Gasteiger partial charge is 0.491 e. The van der Waals surface area contributed by atoms with E-state index >= 15 is 0 Å². The van der Waals surface area contributed by atoms with Crippen molar-refractivity contribution in [3.63, 3.8) is 0 Å². The molecule has 0 bridgehead atoms. The maximum Gasteiger partial charge on any atom is 0.276 e. The van der Waals surface area contributed by atoms with E-state index in [1.807, 2.05) is 34.9 Å². The standard InChI is InChI=1S/C23H31N3O4/c1-5-25-12-8-9-13-26(23(28)19-14-17(4)30-24-19)20(16(2)3)15-29-21-11-7-6-10-18(21)22(25)27/h6-7,10-11,14,16,20H,5,8-9,12-13,15H2,1-4H3/t20-/m1/s1. The Balaban J connectivity index is 1.93. The second kappa shape index (κ2) is 9.78. The van der Waals surface area contributed by atoms with Gasteiger partial charge in [-0.1, -0.05) is 31.1 Å². The summed E-state index contributed by atoms with van der Waals surface area (Å²) in [6, 6.07) is 8.85. The summed E-state index contributed by atoms with van der Waals surface area (Å²) in [6.45, 7) is 10.0. The van der Waals surface area contributed by atoms with Crippen molar-refractivity contribution in [1.82, 2.24) is 15.0 Å². The van der Waals surface area contributed by atoms with Crippen molar-refractivity contribution in [3.05, 3.63) is 47.3 Å². The minimum atomic E-state index is -0.153. The third kappa shape index (κ3) is 4.83. The van der Waals surface area contributed by atoms with Gasteiger partial charge in [0.05, 0.1) is 11.6 Å². The smallest absolute Gasteiger partial charge is 0.276 e. The Kier molecular flexibility index (Phi) is 7.13. The summed E-state index contributed by atoms with van der Waals surface area (Å²) in [7, 11) is 0. The van der Waals surface area contributed by atoms with Crippen LogP contribution in [0.5, 0.6) is 5.75 Å². The molecule has 0 radical (unpaired) electrons. The lowest BCUT2D eigenvalue weighted by Crippen LogP contribution is -2.47. The number of carbonyl (C=O) groups excluding carboxylic acids is 2. The maximum atomic E-state index is 13.2. The highest BCUT2D eigenvalue weighted by Gasteiger charge is 2.30. The summed E-state index contributed by atoms with van der Waals surface area (Å²) >= 11 is 0. The predicted octanol–water partition coefficient (Wildman–Crippen LogP) is 3.78. The van der Waals surface area contributed by atoms with Gasteiger partial charge in [0.25, 0.3) is 11.8 Å². The lowest BCUT2D eigenvalue weighted by molar-refractivity contribution is 0.0502. The van der Waals surface area contributed by atoms with Crippen LogP contribution in [0.3, 0.4) is 0 Å². The molecular formula is C23H31N3O4. The van der Waals surface area contributed by atoms with Crippen molar-refractivity contribution in [1.29, 1.82) is 0 Å². The summed E-state index contributed by atoms with van der Waals surface area (Å²) < 4.78 is 11.3. The van der Waals surface area contributed by atoms with E-state index in [1.54, 1.807) is 19.1 Å². The molecule has 2 amide bonds. The molecule has 0 unspecified atom stereocenters. The number of fused-ring (bicyclic) bond motifs is 1. The summed E-state index contributed by atoms with van der Waals surface area (Å²) in [6.07, 6.45) is 1.60. The number of ether oxygens (including phenoxy) is 1. The normalized spacial score (nSPS) is 18.4. The van der Waals surface area contributed by atoms with E-state index in [1.165, 1.54) is 0 Å². The summed E-state index contributed by atoms with van der Waals surface area (Å²) in [5.41, 5.74) is 0.878. The number of para-hydroxylation sites is 1. The van der Waals surface area contributed by atoms with Gasteiger partial charge in [-0.05, 0) is 44.7 Å². The quantitative estimate of drug-likeness (QED) is 0.765. The van der Waals surface area contributed by atoms with E-state index in [0.717, 1.165) is 12.8 Å². The van der Waals surface area contributed by atoms with E-state index in [2.05, 4.69) is 19.0 Å². The number of hydrogen-bond acceptors (Lipinski definition) is 5. The predicted molar refractivity (Wildman–Crippen MR) is 114 cm³/mol. The first kappa shape index (κ1) is 21.9. The van der Waals surface area contributed by atoms with Crippen molar-refractivity contribution in [2.45, 2.75) is 46.6 Å². The fourth-order valence-electron chi connectivity index (χ4n) is 3.78. The zero-order valence-corrected chi connectivity index (χ0v) is 18.3. The zero-order valence-electron chi connectivity index (χ0n) is 18.3. The Morgan fingerprint density at radius 1 is 1.23 bits per heavy atom. The first-order chi connectivity index (χ1) is 14.4. The third-order valence-corrected chi connectivity index (χ3v) is 5.55. The van der Waals surface area contributed by atoms with Gasteiger partial charge in [0.15, 0.2) is 5.69 Å². The van der Waals surface area contributed by atoms with Crippen LogP contribution in [0.4, 0.5) is 0 Å². The molecule has 2 aromatic rings. The molecule has 1 aliphatic heterocycles. The Bertz CT molecular complexity index is 877. The third-order valence-electron chi connectivity index (χ3n) is 5.55. The van der Waals surface area contributed by atoms with Gasteiger partial charge in [0.1, 0.15) is 18.1 Å². The fourth-order valence-corrected chi connectivity index (χ4v) is 3.78. The van der Waals surface area contributed by atoms with Gasteiger partial charge in [-0.2, -0.15) is 0 Å². The highest BCUT2D eigenvalue weighted by atomic mass is 16.5. The van der Waals surface area contributed by atoms with E-state index in [9.17, 15) is 9.59 Å². The van der Waals surface area contributed by atoms with Gasteiger partial charge in [-0.3, -0.25) is 9.59 Å². The Morgan fingerprint density at radius 3 is 2.63 bits per heavy atom. The molecule has 162 valence electrons. The molecule has 30 heavy (non-hydrogen) atoms. The minimum Gasteiger partial charge on any atom is -0.491 e. The van der Waals surface area contributed by atoms with E-state index in [4.69, 9.17) is 9.26 Å².